The minimum absolute atomic E-state index is 0.00738. The number of esters is 2. The summed E-state index contributed by atoms with van der Waals surface area (Å²) in [7, 11) is 5.98. The highest BCUT2D eigenvalue weighted by atomic mass is 35.5. The minimum Gasteiger partial charge on any atom is -0.458 e. The number of imidazole rings is 1. The number of amides is 1. The summed E-state index contributed by atoms with van der Waals surface area (Å²) in [6, 6.07) is 29.8. The van der Waals surface area contributed by atoms with Crippen LogP contribution in [0.25, 0.3) is 11.3 Å². The maximum atomic E-state index is 14.2. The number of halogens is 1. The van der Waals surface area contributed by atoms with Crippen LogP contribution in [0.15, 0.2) is 109 Å². The van der Waals surface area contributed by atoms with Gasteiger partial charge in [0.1, 0.15) is 35.6 Å². The van der Waals surface area contributed by atoms with Crippen LogP contribution in [0.1, 0.15) is 50.2 Å². The van der Waals surface area contributed by atoms with Gasteiger partial charge in [0.2, 0.25) is 6.10 Å². The molecule has 12 heteroatoms. The summed E-state index contributed by atoms with van der Waals surface area (Å²) >= 11 is 6.46. The largest absolute Gasteiger partial charge is 0.458 e. The Labute approximate surface area is 333 Å². The lowest BCUT2D eigenvalue weighted by atomic mass is 10.1. The van der Waals surface area contributed by atoms with Gasteiger partial charge in [-0.3, -0.25) is 4.90 Å². The van der Waals surface area contributed by atoms with Crippen LogP contribution in [0.2, 0.25) is 5.02 Å². The van der Waals surface area contributed by atoms with Gasteiger partial charge in [-0.25, -0.2) is 19.4 Å². The van der Waals surface area contributed by atoms with Crippen molar-refractivity contribution in [2.45, 2.75) is 71.6 Å². The van der Waals surface area contributed by atoms with Crippen LogP contribution in [0.4, 0.5) is 4.79 Å². The van der Waals surface area contributed by atoms with E-state index in [0.717, 1.165) is 28.2 Å². The number of carbonyl (C=O) groups excluding carboxylic acids is 3. The van der Waals surface area contributed by atoms with Crippen molar-refractivity contribution in [2.24, 2.45) is 7.05 Å². The molecule has 0 spiro atoms. The van der Waals surface area contributed by atoms with Crippen molar-refractivity contribution >= 4 is 29.6 Å². The van der Waals surface area contributed by atoms with Gasteiger partial charge in [-0.1, -0.05) is 78.3 Å². The van der Waals surface area contributed by atoms with Crippen LogP contribution < -0.4 is 4.74 Å². The molecule has 0 saturated carbocycles. The molecule has 56 heavy (non-hydrogen) atoms. The van der Waals surface area contributed by atoms with E-state index in [1.54, 1.807) is 45.9 Å². The van der Waals surface area contributed by atoms with Gasteiger partial charge in [-0.05, 0) is 89.3 Å². The van der Waals surface area contributed by atoms with E-state index in [1.165, 1.54) is 4.90 Å². The molecular formula is C44H49ClN4O7. The predicted molar refractivity (Wildman–Crippen MR) is 215 cm³/mol. The molecule has 2 atom stereocenters. The molecule has 5 aromatic rings. The molecule has 4 aromatic carbocycles. The highest BCUT2D eigenvalue weighted by molar-refractivity contribution is 6.30. The zero-order valence-electron chi connectivity index (χ0n) is 32.9. The number of nitrogens with zero attached hydrogens (tertiary/aromatic N) is 4. The monoisotopic (exact) mass is 780 g/mol. The van der Waals surface area contributed by atoms with E-state index in [0.29, 0.717) is 28.6 Å². The van der Waals surface area contributed by atoms with Gasteiger partial charge in [0.05, 0.1) is 25.0 Å². The Morgan fingerprint density at radius 2 is 1.48 bits per heavy atom. The Hall–Kier alpha value is -5.65. The van der Waals surface area contributed by atoms with Gasteiger partial charge in [-0.15, -0.1) is 0 Å². The SMILES string of the molecule is C[C@@H](C(=O)OC(C)(C)C)N(Cc1ccc(Cl)cc1Oc1ccc(-c2cnc(CN(C)C)n2C)cc1)C(=O)O[C@@H](Cc1ccccc1)C(=O)OCc1ccccc1. The third-order valence-corrected chi connectivity index (χ3v) is 8.97. The van der Waals surface area contributed by atoms with Crippen LogP contribution in [0.5, 0.6) is 11.5 Å². The summed E-state index contributed by atoms with van der Waals surface area (Å²) in [5.41, 5.74) is 3.14. The Balaban J connectivity index is 1.41. The highest BCUT2D eigenvalue weighted by Gasteiger charge is 2.35. The Bertz CT molecular complexity index is 2080. The molecule has 0 N–H and O–H groups in total. The van der Waals surface area contributed by atoms with Crippen molar-refractivity contribution in [3.63, 3.8) is 0 Å². The third kappa shape index (κ3) is 11.7. The molecule has 0 saturated heterocycles. The maximum absolute atomic E-state index is 14.2. The summed E-state index contributed by atoms with van der Waals surface area (Å²) < 4.78 is 25.7. The summed E-state index contributed by atoms with van der Waals surface area (Å²) in [6.07, 6.45) is -0.345. The molecule has 0 aliphatic heterocycles. The standard InChI is InChI=1S/C44H49ClN4O7/c1-30(41(50)56-44(2,3)4)49(43(52)55-39(24-31-14-10-8-11-15-31)42(51)53-29-32-16-12-9-13-17-32)27-34-18-21-35(45)25-38(34)54-36-22-19-33(20-23-36)37-26-46-40(48(37)7)28-47(5)6/h8-23,25-26,30,39H,24,27-29H2,1-7H3/t30-,39-/m0/s1. The number of hydrogen-bond acceptors (Lipinski definition) is 9. The average molecular weight is 781 g/mol. The van der Waals surface area contributed by atoms with Gasteiger partial charge in [0.15, 0.2) is 0 Å². The smallest absolute Gasteiger partial charge is 0.411 e. The fraction of sp³-hybridized carbons (Fsp3) is 0.318. The fourth-order valence-electron chi connectivity index (χ4n) is 5.79. The molecule has 5 rings (SSSR count). The van der Waals surface area contributed by atoms with Gasteiger partial charge in [0, 0.05) is 29.6 Å². The number of benzene rings is 4. The molecule has 1 aromatic heterocycles. The molecule has 1 heterocycles. The van der Waals surface area contributed by atoms with Crippen molar-refractivity contribution in [1.29, 1.82) is 0 Å². The van der Waals surface area contributed by atoms with Crippen molar-refractivity contribution < 1.29 is 33.3 Å². The van der Waals surface area contributed by atoms with E-state index in [9.17, 15) is 14.4 Å². The first-order valence-electron chi connectivity index (χ1n) is 18.3. The minimum atomic E-state index is -1.32. The summed E-state index contributed by atoms with van der Waals surface area (Å²) in [4.78, 5) is 49.1. The number of ether oxygens (including phenoxy) is 4. The van der Waals surface area contributed by atoms with E-state index in [2.05, 4.69) is 14.5 Å². The zero-order valence-corrected chi connectivity index (χ0v) is 33.7. The molecule has 0 aliphatic rings. The van der Waals surface area contributed by atoms with Crippen molar-refractivity contribution in [1.82, 2.24) is 19.4 Å². The van der Waals surface area contributed by atoms with Crippen molar-refractivity contribution in [3.8, 4) is 22.8 Å². The summed E-state index contributed by atoms with van der Waals surface area (Å²) in [5, 5.41) is 0.405. The molecule has 0 unspecified atom stereocenters. The first kappa shape index (κ1) is 41.5. The van der Waals surface area contributed by atoms with Crippen molar-refractivity contribution in [2.75, 3.05) is 14.1 Å². The van der Waals surface area contributed by atoms with Gasteiger partial charge in [-0.2, -0.15) is 0 Å². The van der Waals surface area contributed by atoms with Crippen molar-refractivity contribution in [3.05, 3.63) is 137 Å². The quantitative estimate of drug-likeness (QED) is 0.0762. The predicted octanol–water partition coefficient (Wildman–Crippen LogP) is 8.62. The molecule has 0 radical (unpaired) electrons. The number of rotatable bonds is 15. The second-order valence-electron chi connectivity index (χ2n) is 14.7. The normalized spacial score (nSPS) is 12.4. The van der Waals surface area contributed by atoms with Crippen LogP contribution >= 0.6 is 11.6 Å². The van der Waals surface area contributed by atoms with E-state index in [4.69, 9.17) is 30.5 Å². The number of aromatic nitrogens is 2. The summed E-state index contributed by atoms with van der Waals surface area (Å²) in [6.45, 7) is 7.33. The second kappa shape index (κ2) is 18.8. The Morgan fingerprint density at radius 3 is 2.11 bits per heavy atom. The molecular weight excluding hydrogens is 732 g/mol. The molecule has 294 valence electrons. The van der Waals surface area contributed by atoms with E-state index < -0.39 is 35.8 Å². The topological polar surface area (TPSA) is 112 Å². The molecule has 0 bridgehead atoms. The van der Waals surface area contributed by atoms with Gasteiger partial charge in [0.25, 0.3) is 0 Å². The second-order valence-corrected chi connectivity index (χ2v) is 15.2. The van der Waals surface area contributed by atoms with Gasteiger partial charge < -0.3 is 28.4 Å². The average Bonchev–Trinajstić information content (AvgIpc) is 3.51. The lowest BCUT2D eigenvalue weighted by Crippen LogP contribution is -2.47. The highest BCUT2D eigenvalue weighted by Crippen LogP contribution is 2.32. The third-order valence-electron chi connectivity index (χ3n) is 8.73. The Morgan fingerprint density at radius 1 is 0.839 bits per heavy atom. The van der Waals surface area contributed by atoms with Crippen LogP contribution in [0, 0.1) is 0 Å². The van der Waals surface area contributed by atoms with E-state index in [-0.39, 0.29) is 19.6 Å². The summed E-state index contributed by atoms with van der Waals surface area (Å²) in [5.74, 6) is 0.433. The first-order chi connectivity index (χ1) is 26.7. The zero-order chi connectivity index (χ0) is 40.4. The van der Waals surface area contributed by atoms with Crippen LogP contribution in [-0.4, -0.2) is 69.2 Å². The fourth-order valence-corrected chi connectivity index (χ4v) is 5.95. The first-order valence-corrected chi connectivity index (χ1v) is 18.7. The maximum Gasteiger partial charge on any atom is 0.411 e. The Kier molecular flexibility index (Phi) is 13.9. The number of hydrogen-bond donors (Lipinski definition) is 0. The molecule has 0 fully saturated rings. The van der Waals surface area contributed by atoms with Crippen LogP contribution in [0.3, 0.4) is 0 Å². The van der Waals surface area contributed by atoms with Crippen LogP contribution in [-0.2, 0) is 57.0 Å². The van der Waals surface area contributed by atoms with Gasteiger partial charge >= 0.3 is 18.0 Å². The number of carbonyl (C=O) groups is 3. The molecule has 0 aliphatic carbocycles. The molecule has 11 nitrogen and oxygen atoms in total. The lowest BCUT2D eigenvalue weighted by molar-refractivity contribution is -0.161. The van der Waals surface area contributed by atoms with E-state index >= 15 is 0 Å². The molecule has 1 amide bonds. The van der Waals surface area contributed by atoms with E-state index in [1.807, 2.05) is 112 Å². The lowest BCUT2D eigenvalue weighted by Gasteiger charge is -2.31.